The molecular formula is C15H24BrNO2. The molecule has 0 amide bonds. The quantitative estimate of drug-likeness (QED) is 0.790. The molecule has 0 saturated carbocycles. The molecule has 0 aromatic heterocycles. The van der Waals surface area contributed by atoms with Crippen molar-refractivity contribution in [1.29, 1.82) is 0 Å². The summed E-state index contributed by atoms with van der Waals surface area (Å²) in [6.07, 6.45) is 0.0973. The minimum atomic E-state index is 0.0973. The van der Waals surface area contributed by atoms with Crippen LogP contribution in [-0.4, -0.2) is 26.4 Å². The number of benzene rings is 1. The second kappa shape index (κ2) is 8.56. The van der Waals surface area contributed by atoms with Gasteiger partial charge in [0.15, 0.2) is 0 Å². The molecule has 1 aromatic carbocycles. The molecule has 1 aromatic rings. The molecule has 1 atom stereocenters. The maximum atomic E-state index is 5.82. The van der Waals surface area contributed by atoms with Gasteiger partial charge in [-0.3, -0.25) is 0 Å². The van der Waals surface area contributed by atoms with E-state index in [0.29, 0.717) is 12.5 Å². The van der Waals surface area contributed by atoms with Crippen LogP contribution in [0.1, 0.15) is 26.3 Å². The van der Waals surface area contributed by atoms with Gasteiger partial charge in [0.2, 0.25) is 0 Å². The van der Waals surface area contributed by atoms with Crippen LogP contribution in [0.5, 0.6) is 5.75 Å². The smallest absolute Gasteiger partial charge is 0.124 e. The van der Waals surface area contributed by atoms with Crippen LogP contribution >= 0.6 is 15.9 Å². The van der Waals surface area contributed by atoms with Gasteiger partial charge in [0.05, 0.1) is 6.10 Å². The van der Waals surface area contributed by atoms with Gasteiger partial charge in [0.1, 0.15) is 12.4 Å². The number of methoxy groups -OCH3 is 1. The third-order valence-electron chi connectivity index (χ3n) is 2.77. The molecule has 0 fully saturated rings. The van der Waals surface area contributed by atoms with E-state index in [1.54, 1.807) is 7.11 Å². The van der Waals surface area contributed by atoms with E-state index in [-0.39, 0.29) is 6.10 Å². The Hall–Kier alpha value is -0.580. The molecule has 0 bridgehead atoms. The molecular weight excluding hydrogens is 306 g/mol. The van der Waals surface area contributed by atoms with Gasteiger partial charge in [-0.15, -0.1) is 0 Å². The molecule has 1 rings (SSSR count). The lowest BCUT2D eigenvalue weighted by atomic mass is 10.2. The first-order valence-electron chi connectivity index (χ1n) is 6.67. The molecule has 1 N–H and O–H groups in total. The Labute approximate surface area is 124 Å². The molecule has 108 valence electrons. The Balaban J connectivity index is 2.63. The number of halogens is 1. The Morgan fingerprint density at radius 2 is 2.00 bits per heavy atom. The number of hydrogen-bond acceptors (Lipinski definition) is 3. The minimum absolute atomic E-state index is 0.0973. The Morgan fingerprint density at radius 3 is 2.63 bits per heavy atom. The van der Waals surface area contributed by atoms with Crippen molar-refractivity contribution in [3.63, 3.8) is 0 Å². The number of hydrogen-bond donors (Lipinski definition) is 1. The van der Waals surface area contributed by atoms with E-state index in [1.165, 1.54) is 5.56 Å². The summed E-state index contributed by atoms with van der Waals surface area (Å²) in [5.74, 6) is 1.56. The van der Waals surface area contributed by atoms with Gasteiger partial charge in [-0.25, -0.2) is 0 Å². The zero-order valence-electron chi connectivity index (χ0n) is 12.2. The topological polar surface area (TPSA) is 30.5 Å². The van der Waals surface area contributed by atoms with Gasteiger partial charge in [0, 0.05) is 23.7 Å². The van der Waals surface area contributed by atoms with E-state index in [1.807, 2.05) is 19.1 Å². The first kappa shape index (κ1) is 16.5. The second-order valence-electron chi connectivity index (χ2n) is 5.13. The summed E-state index contributed by atoms with van der Waals surface area (Å²) in [5.41, 5.74) is 1.17. The molecule has 19 heavy (non-hydrogen) atoms. The summed E-state index contributed by atoms with van der Waals surface area (Å²) in [5, 5.41) is 3.44. The highest BCUT2D eigenvalue weighted by atomic mass is 79.9. The van der Waals surface area contributed by atoms with Gasteiger partial charge < -0.3 is 14.8 Å². The zero-order chi connectivity index (χ0) is 14.3. The summed E-state index contributed by atoms with van der Waals surface area (Å²) >= 11 is 3.50. The zero-order valence-corrected chi connectivity index (χ0v) is 13.8. The molecule has 3 nitrogen and oxygen atoms in total. The van der Waals surface area contributed by atoms with Gasteiger partial charge >= 0.3 is 0 Å². The first-order valence-corrected chi connectivity index (χ1v) is 7.47. The fourth-order valence-electron chi connectivity index (χ4n) is 1.60. The van der Waals surface area contributed by atoms with E-state index < -0.39 is 0 Å². The predicted molar refractivity (Wildman–Crippen MR) is 82.7 cm³/mol. The van der Waals surface area contributed by atoms with Gasteiger partial charge in [-0.05, 0) is 37.6 Å². The van der Waals surface area contributed by atoms with Crippen LogP contribution < -0.4 is 10.1 Å². The van der Waals surface area contributed by atoms with Crippen LogP contribution in [0.2, 0.25) is 0 Å². The highest BCUT2D eigenvalue weighted by molar-refractivity contribution is 9.10. The fourth-order valence-corrected chi connectivity index (χ4v) is 2.01. The van der Waals surface area contributed by atoms with Crippen LogP contribution in [-0.2, 0) is 11.3 Å². The van der Waals surface area contributed by atoms with Crippen molar-refractivity contribution >= 4 is 15.9 Å². The summed E-state index contributed by atoms with van der Waals surface area (Å²) in [6, 6.07) is 6.09. The van der Waals surface area contributed by atoms with Crippen molar-refractivity contribution in [1.82, 2.24) is 5.32 Å². The standard InChI is InChI=1S/C15H24BrNO2/c1-11(2)8-17-9-13-7-14(16)5-6-15(13)19-10-12(3)18-4/h5-7,11-12,17H,8-10H2,1-4H3. The number of rotatable bonds is 8. The fraction of sp³-hybridized carbons (Fsp3) is 0.600. The van der Waals surface area contributed by atoms with E-state index in [4.69, 9.17) is 9.47 Å². The summed E-state index contributed by atoms with van der Waals surface area (Å²) < 4.78 is 12.1. The first-order chi connectivity index (χ1) is 9.02. The monoisotopic (exact) mass is 329 g/mol. The summed E-state index contributed by atoms with van der Waals surface area (Å²) in [7, 11) is 1.70. The Kier molecular flexibility index (Phi) is 7.42. The highest BCUT2D eigenvalue weighted by Gasteiger charge is 2.07. The maximum Gasteiger partial charge on any atom is 0.124 e. The van der Waals surface area contributed by atoms with Crippen LogP contribution in [0, 0.1) is 5.92 Å². The third-order valence-corrected chi connectivity index (χ3v) is 3.26. The largest absolute Gasteiger partial charge is 0.491 e. The minimum Gasteiger partial charge on any atom is -0.491 e. The van der Waals surface area contributed by atoms with Crippen LogP contribution in [0.15, 0.2) is 22.7 Å². The van der Waals surface area contributed by atoms with Crippen molar-refractivity contribution in [3.8, 4) is 5.75 Å². The third kappa shape index (κ3) is 6.41. The lowest BCUT2D eigenvalue weighted by Gasteiger charge is -2.16. The molecule has 0 saturated heterocycles. The van der Waals surface area contributed by atoms with E-state index in [9.17, 15) is 0 Å². The van der Waals surface area contributed by atoms with Gasteiger partial charge in [-0.1, -0.05) is 29.8 Å². The average Bonchev–Trinajstić information content (AvgIpc) is 2.37. The SMILES string of the molecule is COC(C)COc1ccc(Br)cc1CNCC(C)C. The predicted octanol–water partition coefficient (Wildman–Crippen LogP) is 3.61. The molecule has 0 heterocycles. The maximum absolute atomic E-state index is 5.82. The molecule has 1 unspecified atom stereocenters. The van der Waals surface area contributed by atoms with E-state index in [0.717, 1.165) is 23.3 Å². The van der Waals surface area contributed by atoms with Crippen molar-refractivity contribution in [2.24, 2.45) is 5.92 Å². The molecule has 0 spiro atoms. The Morgan fingerprint density at radius 1 is 1.26 bits per heavy atom. The number of nitrogens with one attached hydrogen (secondary N) is 1. The van der Waals surface area contributed by atoms with Crippen LogP contribution in [0.25, 0.3) is 0 Å². The number of ether oxygens (including phenoxy) is 2. The van der Waals surface area contributed by atoms with E-state index in [2.05, 4.69) is 41.2 Å². The highest BCUT2D eigenvalue weighted by Crippen LogP contribution is 2.23. The second-order valence-corrected chi connectivity index (χ2v) is 6.05. The summed E-state index contributed by atoms with van der Waals surface area (Å²) in [6.45, 7) is 8.77. The lowest BCUT2D eigenvalue weighted by Crippen LogP contribution is -2.20. The molecule has 0 aliphatic rings. The van der Waals surface area contributed by atoms with Crippen molar-refractivity contribution in [3.05, 3.63) is 28.2 Å². The van der Waals surface area contributed by atoms with Crippen LogP contribution in [0.4, 0.5) is 0 Å². The summed E-state index contributed by atoms with van der Waals surface area (Å²) in [4.78, 5) is 0. The molecule has 4 heteroatoms. The van der Waals surface area contributed by atoms with Crippen molar-refractivity contribution < 1.29 is 9.47 Å². The van der Waals surface area contributed by atoms with E-state index >= 15 is 0 Å². The molecule has 0 radical (unpaired) electrons. The average molecular weight is 330 g/mol. The van der Waals surface area contributed by atoms with Crippen molar-refractivity contribution in [2.75, 3.05) is 20.3 Å². The Bertz CT molecular complexity index is 382. The van der Waals surface area contributed by atoms with Crippen molar-refractivity contribution in [2.45, 2.75) is 33.4 Å². The molecule has 0 aliphatic carbocycles. The lowest BCUT2D eigenvalue weighted by molar-refractivity contribution is 0.0712. The normalized spacial score (nSPS) is 12.7. The van der Waals surface area contributed by atoms with Gasteiger partial charge in [-0.2, -0.15) is 0 Å². The molecule has 0 aliphatic heterocycles. The van der Waals surface area contributed by atoms with Crippen LogP contribution in [0.3, 0.4) is 0 Å². The van der Waals surface area contributed by atoms with Gasteiger partial charge in [0.25, 0.3) is 0 Å².